The molecule has 0 amide bonds. The zero-order valence-electron chi connectivity index (χ0n) is 25.6. The van der Waals surface area contributed by atoms with Crippen LogP contribution < -0.4 is 0 Å². The Labute approximate surface area is 248 Å². The molecule has 41 heavy (non-hydrogen) atoms. The smallest absolute Gasteiger partial charge is 0.305 e. The molecule has 1 aliphatic carbocycles. The minimum absolute atomic E-state index is 0.114. The predicted octanol–water partition coefficient (Wildman–Crippen LogP) is 5.55. The second-order valence-corrected chi connectivity index (χ2v) is 11.6. The SMILES string of the molecule is CCCCCCCCCC(=O)OC[C@@H](O)COC(=O)CCC/C=C/C[C@@H]1[C@@H](/C=C/[C@@H](O)CCCCC)[C@H](O)C[C@@H]1O. The summed E-state index contributed by atoms with van der Waals surface area (Å²) in [6.07, 6.45) is 19.2. The van der Waals surface area contributed by atoms with E-state index in [9.17, 15) is 30.0 Å². The predicted molar refractivity (Wildman–Crippen MR) is 161 cm³/mol. The first kappa shape index (κ1) is 37.3. The molecule has 1 fully saturated rings. The van der Waals surface area contributed by atoms with Gasteiger partial charge >= 0.3 is 11.9 Å². The Morgan fingerprint density at radius 3 is 2.02 bits per heavy atom. The van der Waals surface area contributed by atoms with Crippen LogP contribution in [0.5, 0.6) is 0 Å². The van der Waals surface area contributed by atoms with Crippen LogP contribution in [0.3, 0.4) is 0 Å². The van der Waals surface area contributed by atoms with Crippen molar-refractivity contribution in [2.45, 2.75) is 147 Å². The summed E-state index contributed by atoms with van der Waals surface area (Å²) >= 11 is 0. The number of allylic oxidation sites excluding steroid dienone is 2. The van der Waals surface area contributed by atoms with Crippen LogP contribution in [0.15, 0.2) is 24.3 Å². The molecule has 8 nitrogen and oxygen atoms in total. The van der Waals surface area contributed by atoms with E-state index in [0.717, 1.165) is 38.5 Å². The largest absolute Gasteiger partial charge is 0.463 e. The number of unbranched alkanes of at least 4 members (excludes halogenated alkanes) is 9. The van der Waals surface area contributed by atoms with Crippen molar-refractivity contribution in [1.82, 2.24) is 0 Å². The molecule has 0 aromatic carbocycles. The van der Waals surface area contributed by atoms with Gasteiger partial charge in [-0.2, -0.15) is 0 Å². The van der Waals surface area contributed by atoms with Crippen molar-refractivity contribution in [3.8, 4) is 0 Å². The van der Waals surface area contributed by atoms with Gasteiger partial charge in [-0.1, -0.05) is 95.9 Å². The first-order chi connectivity index (χ1) is 19.8. The lowest BCUT2D eigenvalue weighted by Crippen LogP contribution is -2.25. The average Bonchev–Trinajstić information content (AvgIpc) is 3.22. The van der Waals surface area contributed by atoms with Crippen molar-refractivity contribution in [3.05, 3.63) is 24.3 Å². The highest BCUT2D eigenvalue weighted by molar-refractivity contribution is 5.69. The summed E-state index contributed by atoms with van der Waals surface area (Å²) in [5, 5.41) is 40.9. The molecule has 8 heteroatoms. The number of aliphatic hydroxyl groups excluding tert-OH is 4. The van der Waals surface area contributed by atoms with E-state index in [-0.39, 0.29) is 37.4 Å². The van der Waals surface area contributed by atoms with Crippen LogP contribution in [0.1, 0.15) is 123 Å². The molecule has 0 aromatic heterocycles. The number of ether oxygens (including phenoxy) is 2. The molecule has 1 saturated carbocycles. The Kier molecular flexibility index (Phi) is 21.6. The van der Waals surface area contributed by atoms with Crippen LogP contribution in [0.25, 0.3) is 0 Å². The van der Waals surface area contributed by atoms with Crippen LogP contribution in [0.4, 0.5) is 0 Å². The summed E-state index contributed by atoms with van der Waals surface area (Å²) in [6, 6.07) is 0. The van der Waals surface area contributed by atoms with E-state index in [1.54, 1.807) is 6.08 Å². The van der Waals surface area contributed by atoms with Crippen LogP contribution in [-0.2, 0) is 19.1 Å². The van der Waals surface area contributed by atoms with E-state index >= 15 is 0 Å². The third-order valence-electron chi connectivity index (χ3n) is 7.76. The lowest BCUT2D eigenvalue weighted by atomic mass is 9.89. The minimum Gasteiger partial charge on any atom is -0.463 e. The fourth-order valence-electron chi connectivity index (χ4n) is 5.20. The van der Waals surface area contributed by atoms with E-state index in [2.05, 4.69) is 13.8 Å². The normalized spacial score (nSPS) is 22.4. The Morgan fingerprint density at radius 2 is 1.37 bits per heavy atom. The van der Waals surface area contributed by atoms with Gasteiger partial charge in [-0.3, -0.25) is 9.59 Å². The number of aliphatic hydroxyl groups is 4. The molecule has 1 aliphatic rings. The number of rotatable bonds is 24. The van der Waals surface area contributed by atoms with E-state index < -0.39 is 30.4 Å². The molecule has 0 bridgehead atoms. The van der Waals surface area contributed by atoms with Crippen molar-refractivity contribution in [2.75, 3.05) is 13.2 Å². The van der Waals surface area contributed by atoms with Crippen molar-refractivity contribution < 1.29 is 39.5 Å². The Bertz CT molecular complexity index is 737. The molecule has 0 aliphatic heterocycles. The topological polar surface area (TPSA) is 134 Å². The molecule has 1 rings (SSSR count). The second kappa shape index (κ2) is 23.8. The number of hydrogen-bond donors (Lipinski definition) is 4. The summed E-state index contributed by atoms with van der Waals surface area (Å²) in [5.41, 5.74) is 0. The Balaban J connectivity index is 2.17. The fraction of sp³-hybridized carbons (Fsp3) is 0.818. The van der Waals surface area contributed by atoms with Crippen LogP contribution >= 0.6 is 0 Å². The van der Waals surface area contributed by atoms with Crippen LogP contribution in [0.2, 0.25) is 0 Å². The molecular formula is C33H58O8. The van der Waals surface area contributed by atoms with Gasteiger partial charge in [-0.15, -0.1) is 0 Å². The summed E-state index contributed by atoms with van der Waals surface area (Å²) in [7, 11) is 0. The molecule has 4 N–H and O–H groups in total. The highest BCUT2D eigenvalue weighted by Crippen LogP contribution is 2.36. The summed E-state index contributed by atoms with van der Waals surface area (Å²) in [5.74, 6) is -1.06. The second-order valence-electron chi connectivity index (χ2n) is 11.6. The first-order valence-corrected chi connectivity index (χ1v) is 16.1. The maximum absolute atomic E-state index is 12.0. The zero-order chi connectivity index (χ0) is 30.3. The van der Waals surface area contributed by atoms with Gasteiger partial charge < -0.3 is 29.9 Å². The highest BCUT2D eigenvalue weighted by atomic mass is 16.6. The van der Waals surface area contributed by atoms with Crippen LogP contribution in [0, 0.1) is 11.8 Å². The molecule has 0 unspecified atom stereocenters. The third kappa shape index (κ3) is 18.4. The average molecular weight is 583 g/mol. The number of hydrogen-bond acceptors (Lipinski definition) is 8. The van der Waals surface area contributed by atoms with E-state index in [4.69, 9.17) is 9.47 Å². The zero-order valence-corrected chi connectivity index (χ0v) is 25.6. The van der Waals surface area contributed by atoms with Gasteiger partial charge in [0.05, 0.1) is 18.3 Å². The molecule has 238 valence electrons. The monoisotopic (exact) mass is 582 g/mol. The lowest BCUT2D eigenvalue weighted by molar-refractivity contribution is -0.152. The van der Waals surface area contributed by atoms with Gasteiger partial charge in [0.15, 0.2) is 0 Å². The summed E-state index contributed by atoms with van der Waals surface area (Å²) < 4.78 is 10.2. The summed E-state index contributed by atoms with van der Waals surface area (Å²) in [6.45, 7) is 3.92. The van der Waals surface area contributed by atoms with Gasteiger partial charge in [0, 0.05) is 25.2 Å². The number of esters is 2. The number of carbonyl (C=O) groups excluding carboxylic acids is 2. The number of carbonyl (C=O) groups is 2. The molecule has 6 atom stereocenters. The van der Waals surface area contributed by atoms with E-state index in [0.29, 0.717) is 38.5 Å². The molecule has 0 radical (unpaired) electrons. The van der Waals surface area contributed by atoms with E-state index in [1.807, 2.05) is 18.2 Å². The quantitative estimate of drug-likeness (QED) is 0.0662. The van der Waals surface area contributed by atoms with Crippen LogP contribution in [-0.4, -0.2) is 70.0 Å². The maximum Gasteiger partial charge on any atom is 0.305 e. The Morgan fingerprint density at radius 1 is 0.780 bits per heavy atom. The molecule has 0 spiro atoms. The minimum atomic E-state index is -1.04. The van der Waals surface area contributed by atoms with E-state index in [1.165, 1.54) is 25.7 Å². The highest BCUT2D eigenvalue weighted by Gasteiger charge is 2.39. The molecule has 0 saturated heterocycles. The standard InChI is InChI=1S/C33H58O8/c1-3-5-7-8-9-10-15-19-32(38)40-24-27(35)25-41-33(39)20-16-12-11-14-18-28-29(31(37)23-30(28)36)22-21-26(34)17-13-6-4-2/h11,14,21-22,26-31,34-37H,3-10,12-13,15-20,23-25H2,1-2H3/b14-11+,22-21+/t26-,27+,28+,29+,30-,31+/m0/s1. The first-order valence-electron chi connectivity index (χ1n) is 16.1. The van der Waals surface area contributed by atoms with Gasteiger partial charge in [0.25, 0.3) is 0 Å². The summed E-state index contributed by atoms with van der Waals surface area (Å²) in [4.78, 5) is 23.8. The van der Waals surface area contributed by atoms with Crippen molar-refractivity contribution >= 4 is 11.9 Å². The third-order valence-corrected chi connectivity index (χ3v) is 7.76. The lowest BCUT2D eigenvalue weighted by Gasteiger charge is -2.19. The van der Waals surface area contributed by atoms with Crippen molar-refractivity contribution in [1.29, 1.82) is 0 Å². The Hall–Kier alpha value is -1.74. The fourth-order valence-corrected chi connectivity index (χ4v) is 5.20. The maximum atomic E-state index is 12.0. The molecular weight excluding hydrogens is 524 g/mol. The van der Waals surface area contributed by atoms with Crippen molar-refractivity contribution in [3.63, 3.8) is 0 Å². The molecule has 0 heterocycles. The van der Waals surface area contributed by atoms with Gasteiger partial charge in [0.1, 0.15) is 19.3 Å². The van der Waals surface area contributed by atoms with Crippen molar-refractivity contribution in [2.24, 2.45) is 11.8 Å². The van der Waals surface area contributed by atoms with Gasteiger partial charge in [-0.05, 0) is 38.0 Å². The van der Waals surface area contributed by atoms with Gasteiger partial charge in [0.2, 0.25) is 0 Å². The molecule has 0 aromatic rings. The van der Waals surface area contributed by atoms with Gasteiger partial charge in [-0.25, -0.2) is 0 Å².